The Hall–Kier alpha value is -5.36. The van der Waals surface area contributed by atoms with Crippen molar-refractivity contribution in [3.63, 3.8) is 0 Å². The van der Waals surface area contributed by atoms with Crippen LogP contribution in [0.2, 0.25) is 0 Å². The zero-order valence-electron chi connectivity index (χ0n) is 24.1. The zero-order valence-corrected chi connectivity index (χ0v) is 25.7. The molecule has 0 bridgehead atoms. The first-order valence-corrected chi connectivity index (χ1v) is 16.6. The maximum Gasteiger partial charge on any atom is 0.123 e. The van der Waals surface area contributed by atoms with Crippen LogP contribution in [0.3, 0.4) is 0 Å². The number of rotatable bonds is 5. The van der Waals surface area contributed by atoms with Gasteiger partial charge in [-0.1, -0.05) is 109 Å². The van der Waals surface area contributed by atoms with Gasteiger partial charge in [-0.15, -0.1) is 22.7 Å². The number of nitrogens with zero attached hydrogens (tertiary/aromatic N) is 3. The Morgan fingerprint density at radius 3 is 1.44 bits per heavy atom. The third-order valence-electron chi connectivity index (χ3n) is 8.57. The second kappa shape index (κ2) is 10.7. The lowest BCUT2D eigenvalue weighted by atomic mass is 10.0. The third kappa shape index (κ3) is 4.48. The SMILES string of the molecule is c1ccc2c(-n3c4cc(-c5ccc(-c6nccs6)cc5)ccc4c4ccc(-c5ccc(-c6nccs6)cc5)cc43)cccc2c1. The van der Waals surface area contributed by atoms with Crippen molar-refractivity contribution in [3.05, 3.63) is 151 Å². The fourth-order valence-corrected chi connectivity index (χ4v) is 7.67. The Bertz CT molecular complexity index is 2310. The molecule has 0 aliphatic rings. The highest BCUT2D eigenvalue weighted by Crippen LogP contribution is 2.39. The third-order valence-corrected chi connectivity index (χ3v) is 10.2. The van der Waals surface area contributed by atoms with Gasteiger partial charge in [0.2, 0.25) is 0 Å². The predicted octanol–water partition coefficient (Wildman–Crippen LogP) is 11.5. The standard InChI is InChI=1S/C40H25N3S2/c1-2-6-33-28(4-1)5-3-7-36(33)43-37-24-31(26-8-12-29(13-9-26)39-41-20-22-44-39)16-18-34(37)35-19-17-32(25-38(35)43)27-10-14-30(15-11-27)40-42-21-23-45-40/h1-25H. The molecule has 0 radical (unpaired) electrons. The van der Waals surface area contributed by atoms with Crippen molar-refractivity contribution in [2.45, 2.75) is 0 Å². The van der Waals surface area contributed by atoms with Crippen LogP contribution in [0.25, 0.3) is 81.7 Å². The molecule has 5 heteroatoms. The van der Waals surface area contributed by atoms with Crippen molar-refractivity contribution in [2.24, 2.45) is 0 Å². The van der Waals surface area contributed by atoms with E-state index < -0.39 is 0 Å². The van der Waals surface area contributed by atoms with Gasteiger partial charge in [0.1, 0.15) is 10.0 Å². The van der Waals surface area contributed by atoms with Crippen LogP contribution < -0.4 is 0 Å². The average molecular weight is 612 g/mol. The molecule has 0 saturated carbocycles. The van der Waals surface area contributed by atoms with Gasteiger partial charge in [0, 0.05) is 50.4 Å². The molecule has 0 spiro atoms. The maximum atomic E-state index is 4.48. The monoisotopic (exact) mass is 611 g/mol. The zero-order chi connectivity index (χ0) is 29.7. The molecule has 3 heterocycles. The highest BCUT2D eigenvalue weighted by molar-refractivity contribution is 7.13. The van der Waals surface area contributed by atoms with E-state index in [0.29, 0.717) is 0 Å². The maximum absolute atomic E-state index is 4.48. The summed E-state index contributed by atoms with van der Waals surface area (Å²) in [6, 6.07) is 46.5. The summed E-state index contributed by atoms with van der Waals surface area (Å²) in [5, 5.41) is 11.1. The van der Waals surface area contributed by atoms with Gasteiger partial charge in [0.05, 0.1) is 16.7 Å². The van der Waals surface area contributed by atoms with Gasteiger partial charge in [-0.05, 0) is 45.8 Å². The summed E-state index contributed by atoms with van der Waals surface area (Å²) < 4.78 is 2.45. The van der Waals surface area contributed by atoms with E-state index in [4.69, 9.17) is 0 Å². The molecule has 3 aromatic heterocycles. The van der Waals surface area contributed by atoms with E-state index in [1.54, 1.807) is 22.7 Å². The van der Waals surface area contributed by atoms with Crippen molar-refractivity contribution in [3.8, 4) is 49.1 Å². The summed E-state index contributed by atoms with van der Waals surface area (Å²) in [5.41, 5.74) is 10.6. The molecule has 6 aromatic carbocycles. The Balaban J connectivity index is 1.24. The van der Waals surface area contributed by atoms with Crippen molar-refractivity contribution in [1.82, 2.24) is 14.5 Å². The number of aromatic nitrogens is 3. The fraction of sp³-hybridized carbons (Fsp3) is 0. The van der Waals surface area contributed by atoms with Crippen LogP contribution in [0.4, 0.5) is 0 Å². The Kier molecular flexibility index (Phi) is 6.18. The number of thiazole rings is 2. The Labute approximate surface area is 268 Å². The van der Waals surface area contributed by atoms with Crippen molar-refractivity contribution >= 4 is 55.3 Å². The second-order valence-electron chi connectivity index (χ2n) is 11.1. The Morgan fingerprint density at radius 2 is 0.911 bits per heavy atom. The molecule has 9 aromatic rings. The van der Waals surface area contributed by atoms with Crippen LogP contribution in [0.1, 0.15) is 0 Å². The van der Waals surface area contributed by atoms with Crippen molar-refractivity contribution in [1.29, 1.82) is 0 Å². The first-order chi connectivity index (χ1) is 22.3. The molecular formula is C40H25N3S2. The lowest BCUT2D eigenvalue weighted by Gasteiger charge is -2.13. The van der Waals surface area contributed by atoms with E-state index >= 15 is 0 Å². The summed E-state index contributed by atoms with van der Waals surface area (Å²) in [6.45, 7) is 0. The van der Waals surface area contributed by atoms with Crippen LogP contribution in [0.15, 0.2) is 151 Å². The largest absolute Gasteiger partial charge is 0.309 e. The Morgan fingerprint density at radius 1 is 0.422 bits per heavy atom. The van der Waals surface area contributed by atoms with Gasteiger partial charge in [-0.25, -0.2) is 9.97 Å². The smallest absolute Gasteiger partial charge is 0.123 e. The number of hydrogen-bond acceptors (Lipinski definition) is 4. The van der Waals surface area contributed by atoms with Gasteiger partial charge in [0.25, 0.3) is 0 Å². The summed E-state index contributed by atoms with van der Waals surface area (Å²) in [7, 11) is 0. The molecule has 0 saturated heterocycles. The van der Waals surface area contributed by atoms with Crippen LogP contribution in [0, 0.1) is 0 Å². The van der Waals surface area contributed by atoms with Gasteiger partial charge in [-0.3, -0.25) is 0 Å². The van der Waals surface area contributed by atoms with Crippen LogP contribution in [-0.4, -0.2) is 14.5 Å². The van der Waals surface area contributed by atoms with Gasteiger partial charge in [0.15, 0.2) is 0 Å². The highest BCUT2D eigenvalue weighted by Gasteiger charge is 2.16. The number of hydrogen-bond donors (Lipinski definition) is 0. The lowest BCUT2D eigenvalue weighted by Crippen LogP contribution is -1.95. The lowest BCUT2D eigenvalue weighted by molar-refractivity contribution is 1.20. The minimum Gasteiger partial charge on any atom is -0.309 e. The van der Waals surface area contributed by atoms with Gasteiger partial charge >= 0.3 is 0 Å². The molecular weight excluding hydrogens is 587 g/mol. The normalized spacial score (nSPS) is 11.6. The van der Waals surface area contributed by atoms with Gasteiger partial charge in [-0.2, -0.15) is 0 Å². The van der Waals surface area contributed by atoms with Crippen molar-refractivity contribution in [2.75, 3.05) is 0 Å². The molecule has 0 atom stereocenters. The molecule has 0 fully saturated rings. The quantitative estimate of drug-likeness (QED) is 0.194. The first-order valence-electron chi connectivity index (χ1n) is 14.9. The molecule has 0 aliphatic carbocycles. The molecule has 212 valence electrons. The summed E-state index contributed by atoms with van der Waals surface area (Å²) >= 11 is 3.33. The van der Waals surface area contributed by atoms with E-state index in [9.17, 15) is 0 Å². The molecule has 9 rings (SSSR count). The summed E-state index contributed by atoms with van der Waals surface area (Å²) in [4.78, 5) is 8.96. The van der Waals surface area contributed by atoms with Crippen LogP contribution >= 0.6 is 22.7 Å². The van der Waals surface area contributed by atoms with E-state index in [-0.39, 0.29) is 0 Å². The van der Waals surface area contributed by atoms with Crippen LogP contribution in [-0.2, 0) is 0 Å². The summed E-state index contributed by atoms with van der Waals surface area (Å²) in [5.74, 6) is 0. The van der Waals surface area contributed by atoms with E-state index in [0.717, 1.165) is 21.1 Å². The highest BCUT2D eigenvalue weighted by atomic mass is 32.1. The minimum absolute atomic E-state index is 1.04. The number of fused-ring (bicyclic) bond motifs is 4. The first kappa shape index (κ1) is 26.1. The molecule has 0 aliphatic heterocycles. The van der Waals surface area contributed by atoms with Gasteiger partial charge < -0.3 is 4.57 Å². The topological polar surface area (TPSA) is 30.7 Å². The second-order valence-corrected chi connectivity index (χ2v) is 12.9. The van der Waals surface area contributed by atoms with Crippen molar-refractivity contribution < 1.29 is 0 Å². The molecule has 45 heavy (non-hydrogen) atoms. The predicted molar refractivity (Wildman–Crippen MR) is 191 cm³/mol. The summed E-state index contributed by atoms with van der Waals surface area (Å²) in [6.07, 6.45) is 3.72. The van der Waals surface area contributed by atoms with E-state index in [1.807, 2.05) is 23.2 Å². The van der Waals surface area contributed by atoms with E-state index in [2.05, 4.69) is 142 Å². The molecule has 0 amide bonds. The fourth-order valence-electron chi connectivity index (χ4n) is 6.38. The van der Waals surface area contributed by atoms with E-state index in [1.165, 1.54) is 60.5 Å². The number of benzene rings is 6. The van der Waals surface area contributed by atoms with Crippen LogP contribution in [0.5, 0.6) is 0 Å². The average Bonchev–Trinajstić information content (AvgIpc) is 3.89. The minimum atomic E-state index is 1.04. The molecule has 3 nitrogen and oxygen atoms in total. The molecule has 0 unspecified atom stereocenters. The molecule has 0 N–H and O–H groups in total.